The molecule has 0 aliphatic rings. The van der Waals surface area contributed by atoms with E-state index in [0.717, 1.165) is 17.8 Å². The van der Waals surface area contributed by atoms with Crippen molar-refractivity contribution in [3.8, 4) is 0 Å². The van der Waals surface area contributed by atoms with Crippen molar-refractivity contribution in [3.05, 3.63) is 53.1 Å². The van der Waals surface area contributed by atoms with Gasteiger partial charge in [-0.15, -0.1) is 0 Å². The van der Waals surface area contributed by atoms with E-state index < -0.39 is 23.7 Å². The molecule has 114 valence electrons. The highest BCUT2D eigenvalue weighted by Crippen LogP contribution is 2.36. The van der Waals surface area contributed by atoms with E-state index in [0.29, 0.717) is 12.5 Å². The molecule has 0 fully saturated rings. The van der Waals surface area contributed by atoms with Gasteiger partial charge in [-0.2, -0.15) is 18.3 Å². The Kier molecular flexibility index (Phi) is 4.32. The molecule has 0 radical (unpaired) electrons. The lowest BCUT2D eigenvalue weighted by Gasteiger charge is -2.17. The molecule has 0 saturated heterocycles. The molecule has 1 aromatic carbocycles. The maximum atomic E-state index is 13.0. The summed E-state index contributed by atoms with van der Waals surface area (Å²) in [5, 5.41) is 13.9. The molecule has 3 nitrogen and oxygen atoms in total. The standard InChI is InChI=1S/C14H14F4N2O/c1-20-10(6-7-19-20)3-5-13(21)11-4-2-9(15)8-12(11)14(16,17)18/h2,4,6-8,13,21H,3,5H2,1H3. The fourth-order valence-electron chi connectivity index (χ4n) is 2.15. The molecule has 2 aromatic rings. The van der Waals surface area contributed by atoms with Crippen molar-refractivity contribution in [1.29, 1.82) is 0 Å². The Morgan fingerprint density at radius 3 is 2.57 bits per heavy atom. The summed E-state index contributed by atoms with van der Waals surface area (Å²) in [5.74, 6) is -0.982. The van der Waals surface area contributed by atoms with Crippen LogP contribution in [0.2, 0.25) is 0 Å². The van der Waals surface area contributed by atoms with Crippen LogP contribution in [-0.4, -0.2) is 14.9 Å². The third kappa shape index (κ3) is 3.60. The molecule has 1 N–H and O–H groups in total. The summed E-state index contributed by atoms with van der Waals surface area (Å²) < 4.78 is 53.2. The molecular formula is C14H14F4N2O. The summed E-state index contributed by atoms with van der Waals surface area (Å²) in [5.41, 5.74) is -0.657. The van der Waals surface area contributed by atoms with E-state index in [1.54, 1.807) is 24.0 Å². The summed E-state index contributed by atoms with van der Waals surface area (Å²) in [6, 6.07) is 4.02. The average Bonchev–Trinajstić information content (AvgIpc) is 2.80. The molecule has 0 saturated carbocycles. The second-order valence-electron chi connectivity index (χ2n) is 4.73. The number of hydrogen-bond acceptors (Lipinski definition) is 2. The Morgan fingerprint density at radius 2 is 2.00 bits per heavy atom. The van der Waals surface area contributed by atoms with Crippen LogP contribution in [0.5, 0.6) is 0 Å². The van der Waals surface area contributed by atoms with Crippen LogP contribution in [0.4, 0.5) is 17.6 Å². The van der Waals surface area contributed by atoms with Gasteiger partial charge < -0.3 is 5.11 Å². The topological polar surface area (TPSA) is 38.0 Å². The van der Waals surface area contributed by atoms with Gasteiger partial charge in [-0.1, -0.05) is 6.07 Å². The minimum atomic E-state index is -4.70. The van der Waals surface area contributed by atoms with E-state index in [2.05, 4.69) is 5.10 Å². The maximum absolute atomic E-state index is 13.0. The molecule has 1 aromatic heterocycles. The van der Waals surface area contributed by atoms with Crippen LogP contribution in [0.15, 0.2) is 30.5 Å². The first-order chi connectivity index (χ1) is 9.79. The van der Waals surface area contributed by atoms with Crippen molar-refractivity contribution in [2.75, 3.05) is 0 Å². The predicted octanol–water partition coefficient (Wildman–Crippen LogP) is 3.24. The molecule has 21 heavy (non-hydrogen) atoms. The van der Waals surface area contributed by atoms with Crippen molar-refractivity contribution in [2.24, 2.45) is 7.05 Å². The van der Waals surface area contributed by atoms with Gasteiger partial charge in [0.25, 0.3) is 0 Å². The van der Waals surface area contributed by atoms with Crippen molar-refractivity contribution in [2.45, 2.75) is 25.1 Å². The first kappa shape index (κ1) is 15.5. The van der Waals surface area contributed by atoms with E-state index in [9.17, 15) is 22.7 Å². The number of aliphatic hydroxyl groups excluding tert-OH is 1. The molecule has 1 atom stereocenters. The van der Waals surface area contributed by atoms with Crippen LogP contribution in [0.1, 0.15) is 29.3 Å². The number of nitrogens with zero attached hydrogens (tertiary/aromatic N) is 2. The highest BCUT2D eigenvalue weighted by molar-refractivity contribution is 5.32. The monoisotopic (exact) mass is 302 g/mol. The van der Waals surface area contributed by atoms with Crippen molar-refractivity contribution in [1.82, 2.24) is 9.78 Å². The van der Waals surface area contributed by atoms with Crippen molar-refractivity contribution < 1.29 is 22.7 Å². The Hall–Kier alpha value is -1.89. The fourth-order valence-corrected chi connectivity index (χ4v) is 2.15. The summed E-state index contributed by atoms with van der Waals surface area (Å²) in [4.78, 5) is 0. The zero-order valence-electron chi connectivity index (χ0n) is 11.2. The highest BCUT2D eigenvalue weighted by Gasteiger charge is 2.35. The number of rotatable bonds is 4. The van der Waals surface area contributed by atoms with Crippen molar-refractivity contribution in [3.63, 3.8) is 0 Å². The molecule has 1 unspecified atom stereocenters. The summed E-state index contributed by atoms with van der Waals surface area (Å²) in [6.07, 6.45) is -4.00. The molecule has 0 amide bonds. The van der Waals surface area contributed by atoms with Gasteiger partial charge in [0.1, 0.15) is 5.82 Å². The molecule has 0 aliphatic heterocycles. The molecule has 0 aliphatic carbocycles. The number of aliphatic hydroxyl groups is 1. The van der Waals surface area contributed by atoms with Gasteiger partial charge >= 0.3 is 6.18 Å². The van der Waals surface area contributed by atoms with Crippen LogP contribution in [0.25, 0.3) is 0 Å². The molecule has 7 heteroatoms. The van der Waals surface area contributed by atoms with Gasteiger partial charge in [-0.05, 0) is 36.6 Å². The quantitative estimate of drug-likeness (QED) is 0.881. The zero-order valence-corrected chi connectivity index (χ0v) is 11.2. The average molecular weight is 302 g/mol. The maximum Gasteiger partial charge on any atom is 0.416 e. The highest BCUT2D eigenvalue weighted by atomic mass is 19.4. The van der Waals surface area contributed by atoms with Gasteiger partial charge in [-0.3, -0.25) is 4.68 Å². The predicted molar refractivity (Wildman–Crippen MR) is 67.9 cm³/mol. The Morgan fingerprint density at radius 1 is 1.29 bits per heavy atom. The van der Waals surface area contributed by atoms with Gasteiger partial charge in [0.2, 0.25) is 0 Å². The SMILES string of the molecule is Cn1nccc1CCC(O)c1ccc(F)cc1C(F)(F)F. The number of aryl methyl sites for hydroxylation is 2. The second-order valence-corrected chi connectivity index (χ2v) is 4.73. The number of benzene rings is 1. The fraction of sp³-hybridized carbons (Fsp3) is 0.357. The van der Waals surface area contributed by atoms with Crippen LogP contribution in [0.3, 0.4) is 0 Å². The van der Waals surface area contributed by atoms with E-state index in [-0.39, 0.29) is 12.0 Å². The minimum absolute atomic E-state index is 0.0915. The third-order valence-corrected chi connectivity index (χ3v) is 3.28. The van der Waals surface area contributed by atoms with Crippen LogP contribution < -0.4 is 0 Å². The smallest absolute Gasteiger partial charge is 0.388 e. The van der Waals surface area contributed by atoms with Crippen LogP contribution in [-0.2, 0) is 19.6 Å². The van der Waals surface area contributed by atoms with Gasteiger partial charge in [-0.25, -0.2) is 4.39 Å². The zero-order chi connectivity index (χ0) is 15.6. The molecule has 0 spiro atoms. The van der Waals surface area contributed by atoms with Gasteiger partial charge in [0.15, 0.2) is 0 Å². The van der Waals surface area contributed by atoms with Crippen molar-refractivity contribution >= 4 is 0 Å². The first-order valence-corrected chi connectivity index (χ1v) is 6.30. The molecular weight excluding hydrogens is 288 g/mol. The lowest BCUT2D eigenvalue weighted by atomic mass is 9.98. The summed E-state index contributed by atoms with van der Waals surface area (Å²) >= 11 is 0. The largest absolute Gasteiger partial charge is 0.416 e. The molecule has 2 rings (SSSR count). The van der Waals surface area contributed by atoms with Gasteiger partial charge in [0, 0.05) is 18.9 Å². The lowest BCUT2D eigenvalue weighted by molar-refractivity contribution is -0.139. The van der Waals surface area contributed by atoms with Crippen LogP contribution in [0, 0.1) is 5.82 Å². The molecule has 1 heterocycles. The normalized spacial score (nSPS) is 13.4. The summed E-state index contributed by atoms with van der Waals surface area (Å²) in [7, 11) is 1.71. The lowest BCUT2D eigenvalue weighted by Crippen LogP contribution is -2.13. The number of aromatic nitrogens is 2. The minimum Gasteiger partial charge on any atom is -0.388 e. The van der Waals surface area contributed by atoms with E-state index in [1.165, 1.54) is 0 Å². The molecule has 0 bridgehead atoms. The Balaban J connectivity index is 2.19. The van der Waals surface area contributed by atoms with E-state index in [4.69, 9.17) is 0 Å². The van der Waals surface area contributed by atoms with Crippen LogP contribution >= 0.6 is 0 Å². The number of hydrogen-bond donors (Lipinski definition) is 1. The first-order valence-electron chi connectivity index (χ1n) is 6.30. The number of halogens is 4. The Bertz CT molecular complexity index is 622. The van der Waals surface area contributed by atoms with E-state index >= 15 is 0 Å². The van der Waals surface area contributed by atoms with Gasteiger partial charge in [0.05, 0.1) is 11.7 Å². The second kappa shape index (κ2) is 5.85. The van der Waals surface area contributed by atoms with E-state index in [1.807, 2.05) is 0 Å². The summed E-state index contributed by atoms with van der Waals surface area (Å²) in [6.45, 7) is 0. The third-order valence-electron chi connectivity index (χ3n) is 3.28. The Labute approximate surface area is 118 Å². The number of alkyl halides is 3.